The van der Waals surface area contributed by atoms with E-state index in [-0.39, 0.29) is 12.6 Å². The van der Waals surface area contributed by atoms with Crippen LogP contribution < -0.4 is 5.32 Å². The number of aromatic nitrogens is 2. The number of hydrogen-bond donors (Lipinski definition) is 2. The van der Waals surface area contributed by atoms with E-state index in [4.69, 9.17) is 28.3 Å². The summed E-state index contributed by atoms with van der Waals surface area (Å²) in [5.41, 5.74) is 1.60. The highest BCUT2D eigenvalue weighted by Gasteiger charge is 2.08. The molecule has 19 heavy (non-hydrogen) atoms. The Morgan fingerprint density at radius 2 is 1.89 bits per heavy atom. The van der Waals surface area contributed by atoms with E-state index in [1.54, 1.807) is 18.2 Å². The van der Waals surface area contributed by atoms with Crippen molar-refractivity contribution in [2.24, 2.45) is 0 Å². The summed E-state index contributed by atoms with van der Waals surface area (Å²) in [6.07, 6.45) is 0. The minimum Gasteiger partial charge on any atom is -0.394 e. The number of nitrogens with one attached hydrogen (secondary N) is 1. The van der Waals surface area contributed by atoms with Gasteiger partial charge < -0.3 is 10.4 Å². The van der Waals surface area contributed by atoms with Crippen molar-refractivity contribution in [2.75, 3.05) is 11.9 Å². The Morgan fingerprint density at radius 1 is 1.21 bits per heavy atom. The summed E-state index contributed by atoms with van der Waals surface area (Å²) in [6.45, 7) is 1.82. The first-order valence-corrected chi connectivity index (χ1v) is 6.52. The molecule has 1 heterocycles. The van der Waals surface area contributed by atoms with Crippen LogP contribution in [-0.4, -0.2) is 27.7 Å². The van der Waals surface area contributed by atoms with Crippen molar-refractivity contribution < 1.29 is 5.11 Å². The molecule has 0 radical (unpaired) electrons. The molecule has 0 saturated carbocycles. The summed E-state index contributed by atoms with van der Waals surface area (Å²) in [7, 11) is 0. The zero-order valence-electron chi connectivity index (χ0n) is 10.3. The molecule has 0 aliphatic rings. The summed E-state index contributed by atoms with van der Waals surface area (Å²) < 4.78 is 0. The van der Waals surface area contributed by atoms with Crippen LogP contribution in [0.4, 0.5) is 5.95 Å². The largest absolute Gasteiger partial charge is 0.394 e. The number of aliphatic hydroxyl groups is 1. The molecule has 0 bridgehead atoms. The molecule has 1 aromatic carbocycles. The lowest BCUT2D eigenvalue weighted by molar-refractivity contribution is 0.281. The predicted molar refractivity (Wildman–Crippen MR) is 77.7 cm³/mol. The van der Waals surface area contributed by atoms with Crippen LogP contribution in [0.15, 0.2) is 30.3 Å². The molecule has 1 unspecified atom stereocenters. The van der Waals surface area contributed by atoms with Gasteiger partial charge in [-0.25, -0.2) is 9.97 Å². The maximum absolute atomic E-state index is 9.02. The van der Waals surface area contributed by atoms with Crippen molar-refractivity contribution in [2.45, 2.75) is 13.0 Å². The van der Waals surface area contributed by atoms with E-state index >= 15 is 0 Å². The van der Waals surface area contributed by atoms with E-state index in [0.717, 1.165) is 5.56 Å². The molecule has 0 aliphatic carbocycles. The first-order chi connectivity index (χ1) is 9.08. The highest BCUT2D eigenvalue weighted by atomic mass is 35.5. The van der Waals surface area contributed by atoms with Crippen molar-refractivity contribution in [3.63, 3.8) is 0 Å². The Morgan fingerprint density at radius 3 is 2.53 bits per heavy atom. The molecular weight excluding hydrogens is 285 g/mol. The zero-order chi connectivity index (χ0) is 13.8. The van der Waals surface area contributed by atoms with Gasteiger partial charge in [-0.1, -0.05) is 35.3 Å². The van der Waals surface area contributed by atoms with E-state index in [1.807, 2.05) is 19.1 Å². The van der Waals surface area contributed by atoms with E-state index in [2.05, 4.69) is 15.3 Å². The van der Waals surface area contributed by atoms with Gasteiger partial charge in [0.25, 0.3) is 0 Å². The molecule has 4 nitrogen and oxygen atoms in total. The van der Waals surface area contributed by atoms with E-state index in [0.29, 0.717) is 21.8 Å². The van der Waals surface area contributed by atoms with Crippen LogP contribution in [0.3, 0.4) is 0 Å². The number of hydrogen-bond acceptors (Lipinski definition) is 4. The third-order valence-electron chi connectivity index (χ3n) is 2.48. The summed E-state index contributed by atoms with van der Waals surface area (Å²) in [6, 6.07) is 8.84. The van der Waals surface area contributed by atoms with E-state index < -0.39 is 0 Å². The van der Waals surface area contributed by atoms with Crippen LogP contribution in [0.2, 0.25) is 10.2 Å². The topological polar surface area (TPSA) is 58.0 Å². The Hall–Kier alpha value is -1.36. The van der Waals surface area contributed by atoms with Crippen molar-refractivity contribution in [3.05, 3.63) is 40.5 Å². The second kappa shape index (κ2) is 6.19. The van der Waals surface area contributed by atoms with Crippen LogP contribution in [0.5, 0.6) is 0 Å². The Kier molecular flexibility index (Phi) is 4.58. The molecule has 2 rings (SSSR count). The van der Waals surface area contributed by atoms with Crippen LogP contribution in [0.1, 0.15) is 6.92 Å². The average molecular weight is 298 g/mol. The van der Waals surface area contributed by atoms with Crippen molar-refractivity contribution >= 4 is 29.2 Å². The smallest absolute Gasteiger partial charge is 0.224 e. The molecule has 2 N–H and O–H groups in total. The molecular formula is C13H13Cl2N3O. The molecule has 0 aliphatic heterocycles. The van der Waals surface area contributed by atoms with Gasteiger partial charge in [0.2, 0.25) is 5.95 Å². The SMILES string of the molecule is CC(CO)Nc1nc(Cl)cc(-c2ccc(Cl)cc2)n1. The minimum absolute atomic E-state index is 0.00779. The molecule has 1 atom stereocenters. The average Bonchev–Trinajstić information content (AvgIpc) is 2.38. The van der Waals surface area contributed by atoms with Crippen molar-refractivity contribution in [1.82, 2.24) is 9.97 Å². The van der Waals surface area contributed by atoms with Gasteiger partial charge in [-0.2, -0.15) is 0 Å². The van der Waals surface area contributed by atoms with Gasteiger partial charge in [-0.15, -0.1) is 0 Å². The quantitative estimate of drug-likeness (QED) is 0.851. The second-order valence-electron chi connectivity index (χ2n) is 4.13. The summed E-state index contributed by atoms with van der Waals surface area (Å²) in [4.78, 5) is 8.43. The lowest BCUT2D eigenvalue weighted by atomic mass is 10.1. The molecule has 0 amide bonds. The van der Waals surface area contributed by atoms with Crippen LogP contribution in [-0.2, 0) is 0 Å². The lowest BCUT2D eigenvalue weighted by Crippen LogP contribution is -2.21. The van der Waals surface area contributed by atoms with Crippen molar-refractivity contribution in [1.29, 1.82) is 0 Å². The van der Waals surface area contributed by atoms with Crippen LogP contribution in [0.25, 0.3) is 11.3 Å². The molecule has 2 aromatic rings. The highest BCUT2D eigenvalue weighted by molar-refractivity contribution is 6.30. The number of anilines is 1. The van der Waals surface area contributed by atoms with E-state index in [9.17, 15) is 0 Å². The number of benzene rings is 1. The highest BCUT2D eigenvalue weighted by Crippen LogP contribution is 2.23. The molecule has 0 saturated heterocycles. The number of aliphatic hydroxyl groups excluding tert-OH is 1. The van der Waals surface area contributed by atoms with E-state index in [1.165, 1.54) is 0 Å². The normalized spacial score (nSPS) is 12.2. The molecule has 0 spiro atoms. The Bertz CT molecular complexity index is 560. The van der Waals surface area contributed by atoms with Gasteiger partial charge in [0.1, 0.15) is 5.15 Å². The number of nitrogens with zero attached hydrogens (tertiary/aromatic N) is 2. The summed E-state index contributed by atoms with van der Waals surface area (Å²) >= 11 is 11.8. The van der Waals surface area contributed by atoms with Gasteiger partial charge in [-0.3, -0.25) is 0 Å². The van der Waals surface area contributed by atoms with Gasteiger partial charge in [-0.05, 0) is 19.1 Å². The molecule has 1 aromatic heterocycles. The lowest BCUT2D eigenvalue weighted by Gasteiger charge is -2.12. The monoisotopic (exact) mass is 297 g/mol. The third-order valence-corrected chi connectivity index (χ3v) is 2.93. The van der Waals surface area contributed by atoms with Crippen LogP contribution in [0, 0.1) is 0 Å². The standard InChI is InChI=1S/C13H13Cl2N3O/c1-8(7-19)16-13-17-11(6-12(15)18-13)9-2-4-10(14)5-3-9/h2-6,8,19H,7H2,1H3,(H,16,17,18). The molecule has 6 heteroatoms. The molecule has 0 fully saturated rings. The first kappa shape index (κ1) is 14.1. The second-order valence-corrected chi connectivity index (χ2v) is 4.96. The van der Waals surface area contributed by atoms with Gasteiger partial charge in [0.05, 0.1) is 12.3 Å². The van der Waals surface area contributed by atoms with Gasteiger partial charge in [0.15, 0.2) is 0 Å². The van der Waals surface area contributed by atoms with Gasteiger partial charge in [0, 0.05) is 22.7 Å². The third kappa shape index (κ3) is 3.80. The predicted octanol–water partition coefficient (Wildman–Crippen LogP) is 3.24. The first-order valence-electron chi connectivity index (χ1n) is 5.76. The fourth-order valence-corrected chi connectivity index (χ4v) is 1.83. The maximum atomic E-state index is 9.02. The maximum Gasteiger partial charge on any atom is 0.224 e. The fraction of sp³-hybridized carbons (Fsp3) is 0.231. The summed E-state index contributed by atoms with van der Waals surface area (Å²) in [5.74, 6) is 0.388. The summed E-state index contributed by atoms with van der Waals surface area (Å²) in [5, 5.41) is 13.0. The molecule has 100 valence electrons. The van der Waals surface area contributed by atoms with Crippen molar-refractivity contribution in [3.8, 4) is 11.3 Å². The Labute approximate surface area is 121 Å². The number of halogens is 2. The number of rotatable bonds is 4. The minimum atomic E-state index is -0.142. The van der Waals surface area contributed by atoms with Gasteiger partial charge >= 0.3 is 0 Å². The van der Waals surface area contributed by atoms with Crippen LogP contribution >= 0.6 is 23.2 Å². The zero-order valence-corrected chi connectivity index (χ0v) is 11.8. The Balaban J connectivity index is 2.33. The fourth-order valence-electron chi connectivity index (χ4n) is 1.52.